The highest BCUT2D eigenvalue weighted by atomic mass is 16.1. The highest BCUT2D eigenvalue weighted by Gasteiger charge is 2.06. The average molecular weight is 245 g/mol. The quantitative estimate of drug-likeness (QED) is 0.815. The zero-order valence-corrected chi connectivity index (χ0v) is 10.1. The smallest absolute Gasteiger partial charge is 0.270 e. The van der Waals surface area contributed by atoms with E-state index in [1.165, 1.54) is 0 Å². The third-order valence-corrected chi connectivity index (χ3v) is 2.45. The normalized spacial score (nSPS) is 10.1. The number of nitrogens with zero attached hydrogens (tertiary/aromatic N) is 3. The lowest BCUT2D eigenvalue weighted by molar-refractivity contribution is 0.0947. The Morgan fingerprint density at radius 3 is 3.06 bits per heavy atom. The van der Waals surface area contributed by atoms with Gasteiger partial charge in [-0.25, -0.2) is 9.97 Å². The minimum absolute atomic E-state index is 0.174. The minimum atomic E-state index is -0.174. The fraction of sp³-hybridized carbons (Fsp3) is 0.250. The van der Waals surface area contributed by atoms with Crippen LogP contribution >= 0.6 is 0 Å². The Labute approximate surface area is 105 Å². The summed E-state index contributed by atoms with van der Waals surface area (Å²) in [5.74, 6) is 0.504. The largest absolute Gasteiger partial charge is 0.373 e. The molecule has 1 amide bonds. The zero-order chi connectivity index (χ0) is 12.8. The number of carbonyl (C=O) groups is 1. The molecule has 0 radical (unpaired) electrons. The number of rotatable bonds is 5. The molecule has 2 N–H and O–H groups in total. The Morgan fingerprint density at radius 1 is 1.44 bits per heavy atom. The summed E-state index contributed by atoms with van der Waals surface area (Å²) in [6.45, 7) is 1.23. The zero-order valence-electron chi connectivity index (χ0n) is 10.1. The van der Waals surface area contributed by atoms with Gasteiger partial charge in [-0.3, -0.25) is 4.79 Å². The molecule has 0 saturated carbocycles. The Bertz CT molecular complexity index is 509. The molecule has 2 aromatic rings. The molecule has 0 aliphatic heterocycles. The maximum absolute atomic E-state index is 11.8. The second kappa shape index (κ2) is 5.81. The fourth-order valence-corrected chi connectivity index (χ4v) is 1.51. The van der Waals surface area contributed by atoms with Gasteiger partial charge in [0.25, 0.3) is 5.91 Å². The monoisotopic (exact) mass is 245 g/mol. The van der Waals surface area contributed by atoms with Crippen LogP contribution in [-0.4, -0.2) is 34.0 Å². The van der Waals surface area contributed by atoms with E-state index in [-0.39, 0.29) is 5.91 Å². The van der Waals surface area contributed by atoms with Gasteiger partial charge in [-0.2, -0.15) is 0 Å². The van der Waals surface area contributed by atoms with Crippen molar-refractivity contribution in [1.82, 2.24) is 19.9 Å². The molecule has 0 aromatic carbocycles. The molecule has 2 rings (SSSR count). The highest BCUT2D eigenvalue weighted by Crippen LogP contribution is 2.03. The summed E-state index contributed by atoms with van der Waals surface area (Å²) in [5.41, 5.74) is 0.410. The van der Waals surface area contributed by atoms with Crippen LogP contribution in [0.5, 0.6) is 0 Å². The minimum Gasteiger partial charge on any atom is -0.373 e. The molecular formula is C12H15N5O. The van der Waals surface area contributed by atoms with E-state index in [0.29, 0.717) is 24.6 Å². The number of hydrogen-bond donors (Lipinski definition) is 2. The van der Waals surface area contributed by atoms with Crippen LogP contribution in [0.15, 0.2) is 36.9 Å². The molecule has 6 heteroatoms. The van der Waals surface area contributed by atoms with E-state index in [4.69, 9.17) is 0 Å². The summed E-state index contributed by atoms with van der Waals surface area (Å²) < 4.78 is 1.90. The van der Waals surface area contributed by atoms with Gasteiger partial charge < -0.3 is 15.2 Å². The van der Waals surface area contributed by atoms with Crippen molar-refractivity contribution >= 4 is 11.7 Å². The van der Waals surface area contributed by atoms with Gasteiger partial charge >= 0.3 is 0 Å². The van der Waals surface area contributed by atoms with Crippen molar-refractivity contribution < 1.29 is 4.79 Å². The summed E-state index contributed by atoms with van der Waals surface area (Å²) in [6.07, 6.45) is 5.28. The highest BCUT2D eigenvalue weighted by molar-refractivity contribution is 5.92. The first-order valence-corrected chi connectivity index (χ1v) is 5.68. The number of amides is 1. The predicted octanol–water partition coefficient (Wildman–Crippen LogP) is 0.750. The van der Waals surface area contributed by atoms with Gasteiger partial charge in [-0.05, 0) is 12.1 Å². The molecule has 2 heterocycles. The lowest BCUT2D eigenvalue weighted by atomic mass is 10.3. The molecule has 94 valence electrons. The molecule has 6 nitrogen and oxygen atoms in total. The van der Waals surface area contributed by atoms with Gasteiger partial charge in [0.2, 0.25) is 0 Å². The molecule has 0 fully saturated rings. The lowest BCUT2D eigenvalue weighted by Gasteiger charge is -2.06. The van der Waals surface area contributed by atoms with Crippen molar-refractivity contribution in [2.45, 2.75) is 6.54 Å². The van der Waals surface area contributed by atoms with Crippen LogP contribution in [0.1, 0.15) is 10.5 Å². The average Bonchev–Trinajstić information content (AvgIpc) is 2.92. The number of carbonyl (C=O) groups excluding carboxylic acids is 1. The van der Waals surface area contributed by atoms with Crippen molar-refractivity contribution in [2.24, 2.45) is 0 Å². The standard InChI is InChI=1S/C12H15N5O/c1-13-11-4-2-3-10(16-11)12(18)15-6-8-17-7-5-14-9-17/h2-5,7,9H,6,8H2,1H3,(H,13,16)(H,15,18). The number of nitrogens with one attached hydrogen (secondary N) is 2. The third kappa shape index (κ3) is 3.07. The molecule has 0 aliphatic rings. The summed E-state index contributed by atoms with van der Waals surface area (Å²) in [4.78, 5) is 19.9. The molecule has 0 saturated heterocycles. The van der Waals surface area contributed by atoms with Crippen LogP contribution in [0.2, 0.25) is 0 Å². The Balaban J connectivity index is 1.87. The van der Waals surface area contributed by atoms with Gasteiger partial charge in [-0.15, -0.1) is 0 Å². The molecule has 0 atom stereocenters. The Morgan fingerprint density at radius 2 is 2.33 bits per heavy atom. The van der Waals surface area contributed by atoms with Gasteiger partial charge in [0.15, 0.2) is 0 Å². The molecule has 18 heavy (non-hydrogen) atoms. The second-order valence-corrected chi connectivity index (χ2v) is 3.71. The van der Waals surface area contributed by atoms with Crippen LogP contribution in [-0.2, 0) is 6.54 Å². The van der Waals surface area contributed by atoms with Crippen molar-refractivity contribution in [3.05, 3.63) is 42.6 Å². The van der Waals surface area contributed by atoms with E-state index in [9.17, 15) is 4.79 Å². The van der Waals surface area contributed by atoms with E-state index in [0.717, 1.165) is 0 Å². The number of anilines is 1. The second-order valence-electron chi connectivity index (χ2n) is 3.71. The molecule has 2 aromatic heterocycles. The van der Waals surface area contributed by atoms with E-state index < -0.39 is 0 Å². The predicted molar refractivity (Wildman–Crippen MR) is 68.3 cm³/mol. The van der Waals surface area contributed by atoms with Crippen LogP contribution in [0, 0.1) is 0 Å². The summed E-state index contributed by atoms with van der Waals surface area (Å²) in [7, 11) is 1.77. The van der Waals surface area contributed by atoms with Crippen molar-refractivity contribution in [2.75, 3.05) is 18.9 Å². The number of aromatic nitrogens is 3. The molecule has 0 aliphatic carbocycles. The van der Waals surface area contributed by atoms with E-state index in [1.54, 1.807) is 31.7 Å². The van der Waals surface area contributed by atoms with Gasteiger partial charge in [-0.1, -0.05) is 6.07 Å². The van der Waals surface area contributed by atoms with Gasteiger partial charge in [0, 0.05) is 32.5 Å². The topological polar surface area (TPSA) is 71.8 Å². The molecule has 0 unspecified atom stereocenters. The maximum Gasteiger partial charge on any atom is 0.270 e. The number of hydrogen-bond acceptors (Lipinski definition) is 4. The summed E-state index contributed by atoms with van der Waals surface area (Å²) >= 11 is 0. The van der Waals surface area contributed by atoms with Crippen LogP contribution in [0.4, 0.5) is 5.82 Å². The summed E-state index contributed by atoms with van der Waals surface area (Å²) in [5, 5.41) is 5.71. The number of pyridine rings is 1. The first kappa shape index (κ1) is 12.1. The van der Waals surface area contributed by atoms with Crippen molar-refractivity contribution in [3.8, 4) is 0 Å². The van der Waals surface area contributed by atoms with E-state index in [1.807, 2.05) is 16.8 Å². The van der Waals surface area contributed by atoms with Crippen LogP contribution in [0.3, 0.4) is 0 Å². The third-order valence-electron chi connectivity index (χ3n) is 2.45. The lowest BCUT2D eigenvalue weighted by Crippen LogP contribution is -2.27. The van der Waals surface area contributed by atoms with Crippen molar-refractivity contribution in [1.29, 1.82) is 0 Å². The SMILES string of the molecule is CNc1cccc(C(=O)NCCn2ccnc2)n1. The number of imidazole rings is 1. The molecule has 0 spiro atoms. The fourth-order valence-electron chi connectivity index (χ4n) is 1.51. The maximum atomic E-state index is 11.8. The van der Waals surface area contributed by atoms with E-state index in [2.05, 4.69) is 20.6 Å². The summed E-state index contributed by atoms with van der Waals surface area (Å²) in [6, 6.07) is 5.29. The molecular weight excluding hydrogens is 230 g/mol. The first-order chi connectivity index (χ1) is 8.79. The van der Waals surface area contributed by atoms with Gasteiger partial charge in [0.05, 0.1) is 6.33 Å². The Kier molecular flexibility index (Phi) is 3.90. The van der Waals surface area contributed by atoms with Crippen LogP contribution in [0.25, 0.3) is 0 Å². The molecule has 0 bridgehead atoms. The first-order valence-electron chi connectivity index (χ1n) is 5.68. The van der Waals surface area contributed by atoms with Gasteiger partial charge in [0.1, 0.15) is 11.5 Å². The van der Waals surface area contributed by atoms with E-state index >= 15 is 0 Å². The van der Waals surface area contributed by atoms with Crippen molar-refractivity contribution in [3.63, 3.8) is 0 Å². The van der Waals surface area contributed by atoms with Crippen LogP contribution < -0.4 is 10.6 Å². The Hall–Kier alpha value is -2.37.